The van der Waals surface area contributed by atoms with Gasteiger partial charge in [0.1, 0.15) is 0 Å². The average molecular weight is 351 g/mol. The van der Waals surface area contributed by atoms with Crippen molar-refractivity contribution in [3.05, 3.63) is 59.9 Å². The van der Waals surface area contributed by atoms with Gasteiger partial charge in [-0.15, -0.1) is 0 Å². The number of oxazole rings is 1. The van der Waals surface area contributed by atoms with Crippen molar-refractivity contribution >= 4 is 6.03 Å². The van der Waals surface area contributed by atoms with Crippen molar-refractivity contribution in [2.75, 3.05) is 0 Å². The predicted molar refractivity (Wildman–Crippen MR) is 96.2 cm³/mol. The van der Waals surface area contributed by atoms with Gasteiger partial charge in [0.2, 0.25) is 5.89 Å². The smallest absolute Gasteiger partial charge is 0.315 e. The van der Waals surface area contributed by atoms with Gasteiger partial charge in [-0.05, 0) is 19.3 Å². The summed E-state index contributed by atoms with van der Waals surface area (Å²) >= 11 is 0. The van der Waals surface area contributed by atoms with Crippen LogP contribution in [-0.4, -0.2) is 20.8 Å². The molecule has 0 unspecified atom stereocenters. The molecule has 1 atom stereocenters. The molecule has 0 saturated heterocycles. The van der Waals surface area contributed by atoms with Crippen LogP contribution in [0.2, 0.25) is 0 Å². The molecule has 3 aromatic rings. The van der Waals surface area contributed by atoms with E-state index in [1.54, 1.807) is 6.20 Å². The lowest BCUT2D eigenvalue weighted by Crippen LogP contribution is -2.38. The van der Waals surface area contributed by atoms with Crippen molar-refractivity contribution < 1.29 is 9.21 Å². The van der Waals surface area contributed by atoms with Crippen LogP contribution < -0.4 is 10.6 Å². The highest BCUT2D eigenvalue weighted by molar-refractivity contribution is 5.74. The zero-order valence-electron chi connectivity index (χ0n) is 14.6. The topological polar surface area (TPSA) is 85.0 Å². The van der Waals surface area contributed by atoms with Crippen LogP contribution in [0, 0.1) is 0 Å². The second-order valence-electron chi connectivity index (χ2n) is 6.43. The molecule has 0 bridgehead atoms. The Morgan fingerprint density at radius 1 is 1.31 bits per heavy atom. The first-order valence-electron chi connectivity index (χ1n) is 8.76. The molecule has 0 saturated carbocycles. The van der Waals surface area contributed by atoms with Crippen molar-refractivity contribution in [1.29, 1.82) is 0 Å². The highest BCUT2D eigenvalue weighted by Crippen LogP contribution is 2.29. The summed E-state index contributed by atoms with van der Waals surface area (Å²) in [4.78, 5) is 16.5. The first-order chi connectivity index (χ1) is 12.7. The van der Waals surface area contributed by atoms with Crippen LogP contribution in [-0.2, 0) is 20.0 Å². The fourth-order valence-corrected chi connectivity index (χ4v) is 3.35. The third kappa shape index (κ3) is 3.33. The SMILES string of the molecule is Cn1ncc2c1CCC[C@@H]2NC(=O)NCc1ncc(-c2ccccc2)o1. The van der Waals surface area contributed by atoms with Gasteiger partial charge in [-0.25, -0.2) is 9.78 Å². The van der Waals surface area contributed by atoms with Crippen molar-refractivity contribution in [1.82, 2.24) is 25.4 Å². The molecule has 0 aliphatic heterocycles. The third-order valence-corrected chi connectivity index (χ3v) is 4.69. The van der Waals surface area contributed by atoms with Crippen LogP contribution >= 0.6 is 0 Å². The minimum absolute atomic E-state index is 0.00288. The van der Waals surface area contributed by atoms with E-state index in [2.05, 4.69) is 20.7 Å². The minimum atomic E-state index is -0.230. The molecular weight excluding hydrogens is 330 g/mol. The monoisotopic (exact) mass is 351 g/mol. The van der Waals surface area contributed by atoms with Gasteiger partial charge < -0.3 is 15.1 Å². The molecule has 2 aromatic heterocycles. The van der Waals surface area contributed by atoms with E-state index < -0.39 is 0 Å². The zero-order chi connectivity index (χ0) is 17.9. The number of hydrogen-bond acceptors (Lipinski definition) is 4. The van der Waals surface area contributed by atoms with E-state index in [9.17, 15) is 4.79 Å². The molecule has 2 N–H and O–H groups in total. The molecule has 0 spiro atoms. The number of benzene rings is 1. The number of aryl methyl sites for hydroxylation is 1. The van der Waals surface area contributed by atoms with Crippen molar-refractivity contribution in [3.8, 4) is 11.3 Å². The summed E-state index contributed by atoms with van der Waals surface area (Å²) in [6.45, 7) is 0.241. The van der Waals surface area contributed by atoms with E-state index in [4.69, 9.17) is 4.42 Å². The van der Waals surface area contributed by atoms with Crippen molar-refractivity contribution in [2.24, 2.45) is 7.05 Å². The summed E-state index contributed by atoms with van der Waals surface area (Å²) in [5.41, 5.74) is 3.26. The number of hydrogen-bond donors (Lipinski definition) is 2. The number of nitrogens with one attached hydrogen (secondary N) is 2. The Hall–Kier alpha value is -3.09. The second-order valence-corrected chi connectivity index (χ2v) is 6.43. The second kappa shape index (κ2) is 7.03. The lowest BCUT2D eigenvalue weighted by Gasteiger charge is -2.23. The van der Waals surface area contributed by atoms with E-state index in [1.807, 2.05) is 48.3 Å². The van der Waals surface area contributed by atoms with Crippen LogP contribution in [0.4, 0.5) is 4.79 Å². The maximum absolute atomic E-state index is 12.3. The molecule has 1 aliphatic carbocycles. The van der Waals surface area contributed by atoms with E-state index in [0.29, 0.717) is 11.7 Å². The van der Waals surface area contributed by atoms with Gasteiger partial charge in [-0.3, -0.25) is 4.68 Å². The Balaban J connectivity index is 1.34. The maximum atomic E-state index is 12.3. The number of rotatable bonds is 4. The van der Waals surface area contributed by atoms with Gasteiger partial charge >= 0.3 is 6.03 Å². The Kier molecular flexibility index (Phi) is 4.43. The van der Waals surface area contributed by atoms with Crippen LogP contribution in [0.15, 0.2) is 47.1 Å². The van der Waals surface area contributed by atoms with Gasteiger partial charge in [0.05, 0.1) is 25.0 Å². The lowest BCUT2D eigenvalue weighted by molar-refractivity contribution is 0.234. The molecule has 4 rings (SSSR count). The number of carbonyl (C=O) groups excluding carboxylic acids is 1. The van der Waals surface area contributed by atoms with Gasteiger partial charge in [0.25, 0.3) is 0 Å². The number of urea groups is 1. The van der Waals surface area contributed by atoms with Crippen molar-refractivity contribution in [2.45, 2.75) is 31.8 Å². The molecule has 7 nitrogen and oxygen atoms in total. The summed E-state index contributed by atoms with van der Waals surface area (Å²) in [6, 6.07) is 9.52. The summed E-state index contributed by atoms with van der Waals surface area (Å²) in [5.74, 6) is 1.17. The van der Waals surface area contributed by atoms with Crippen LogP contribution in [0.25, 0.3) is 11.3 Å². The molecule has 1 aliphatic rings. The Morgan fingerprint density at radius 2 is 2.15 bits per heavy atom. The summed E-state index contributed by atoms with van der Waals surface area (Å²) in [5, 5.41) is 10.1. The first kappa shape index (κ1) is 16.4. The first-order valence-corrected chi connectivity index (χ1v) is 8.76. The van der Waals surface area contributed by atoms with E-state index >= 15 is 0 Å². The molecule has 2 heterocycles. The number of aromatic nitrogens is 3. The Bertz CT molecular complexity index is 900. The third-order valence-electron chi connectivity index (χ3n) is 4.69. The highest BCUT2D eigenvalue weighted by atomic mass is 16.4. The molecule has 0 radical (unpaired) electrons. The standard InChI is InChI=1S/C19H21N5O2/c1-24-16-9-5-8-15(14(16)10-22-24)23-19(25)21-12-18-20-11-17(26-18)13-6-3-2-4-7-13/h2-4,6-7,10-11,15H,5,8-9,12H2,1H3,(H2,21,23,25)/t15-/m0/s1. The predicted octanol–water partition coefficient (Wildman–Crippen LogP) is 2.95. The van der Waals surface area contributed by atoms with E-state index in [1.165, 1.54) is 5.69 Å². The molecule has 26 heavy (non-hydrogen) atoms. The van der Waals surface area contributed by atoms with E-state index in [0.717, 1.165) is 30.4 Å². The largest absolute Gasteiger partial charge is 0.439 e. The van der Waals surface area contributed by atoms with Gasteiger partial charge in [-0.1, -0.05) is 30.3 Å². The van der Waals surface area contributed by atoms with Crippen LogP contribution in [0.1, 0.15) is 36.0 Å². The number of fused-ring (bicyclic) bond motifs is 1. The average Bonchev–Trinajstić information content (AvgIpc) is 3.29. The van der Waals surface area contributed by atoms with Crippen LogP contribution in [0.3, 0.4) is 0 Å². The number of amides is 2. The minimum Gasteiger partial charge on any atom is -0.439 e. The van der Waals surface area contributed by atoms with Gasteiger partial charge in [0, 0.05) is 23.9 Å². The summed E-state index contributed by atoms with van der Waals surface area (Å²) in [6.07, 6.45) is 6.48. The molecule has 134 valence electrons. The molecular formula is C19H21N5O2. The van der Waals surface area contributed by atoms with Crippen molar-refractivity contribution in [3.63, 3.8) is 0 Å². The fourth-order valence-electron chi connectivity index (χ4n) is 3.35. The van der Waals surface area contributed by atoms with Gasteiger partial charge in [0.15, 0.2) is 5.76 Å². The maximum Gasteiger partial charge on any atom is 0.315 e. The van der Waals surface area contributed by atoms with Gasteiger partial charge in [-0.2, -0.15) is 5.10 Å². The highest BCUT2D eigenvalue weighted by Gasteiger charge is 2.24. The summed E-state index contributed by atoms with van der Waals surface area (Å²) in [7, 11) is 1.94. The molecule has 1 aromatic carbocycles. The number of nitrogens with zero attached hydrogens (tertiary/aromatic N) is 3. The summed E-state index contributed by atoms with van der Waals surface area (Å²) < 4.78 is 7.59. The fraction of sp³-hybridized carbons (Fsp3) is 0.316. The Morgan fingerprint density at radius 3 is 3.00 bits per heavy atom. The van der Waals surface area contributed by atoms with E-state index in [-0.39, 0.29) is 18.6 Å². The number of carbonyl (C=O) groups is 1. The zero-order valence-corrected chi connectivity index (χ0v) is 14.6. The molecule has 0 fully saturated rings. The Labute approximate surface area is 151 Å². The quantitative estimate of drug-likeness (QED) is 0.757. The molecule has 7 heteroatoms. The molecule has 2 amide bonds. The normalized spacial score (nSPS) is 16.1. The van der Waals surface area contributed by atoms with Crippen LogP contribution in [0.5, 0.6) is 0 Å². The lowest BCUT2D eigenvalue weighted by atomic mass is 9.93.